The highest BCUT2D eigenvalue weighted by Crippen LogP contribution is 2.36. The molecule has 9 heteroatoms. The topological polar surface area (TPSA) is 63.7 Å². The summed E-state index contributed by atoms with van der Waals surface area (Å²) in [6.45, 7) is -0.272. The molecule has 0 aliphatic carbocycles. The minimum absolute atomic E-state index is 0.00858. The second kappa shape index (κ2) is 7.20. The van der Waals surface area contributed by atoms with Crippen LogP contribution in [0.4, 0.5) is 13.2 Å². The van der Waals surface area contributed by atoms with E-state index in [2.05, 4.69) is 0 Å². The van der Waals surface area contributed by atoms with Crippen LogP contribution in [-0.4, -0.2) is 44.8 Å². The van der Waals surface area contributed by atoms with Crippen molar-refractivity contribution in [1.29, 1.82) is 0 Å². The fourth-order valence-corrected chi connectivity index (χ4v) is 4.70. The SMILES string of the molecule is COCC(=O)C1CCCCN1S(=O)(=O)c1ccccc1C(F)(F)F. The number of rotatable bonds is 5. The van der Waals surface area contributed by atoms with Gasteiger partial charge in [0.1, 0.15) is 6.61 Å². The first-order valence-corrected chi connectivity index (χ1v) is 8.83. The minimum atomic E-state index is -4.80. The average molecular weight is 365 g/mol. The van der Waals surface area contributed by atoms with Crippen molar-refractivity contribution in [3.8, 4) is 0 Å². The van der Waals surface area contributed by atoms with Crippen LogP contribution in [-0.2, 0) is 25.7 Å². The summed E-state index contributed by atoms with van der Waals surface area (Å²) in [5.41, 5.74) is -1.23. The molecule has 0 aromatic heterocycles. The van der Waals surface area contributed by atoms with Gasteiger partial charge in [-0.2, -0.15) is 17.5 Å². The second-order valence-electron chi connectivity index (χ2n) is 5.52. The fourth-order valence-electron chi connectivity index (χ4n) is 2.80. The van der Waals surface area contributed by atoms with Gasteiger partial charge < -0.3 is 4.74 Å². The van der Waals surface area contributed by atoms with Gasteiger partial charge in [0.05, 0.1) is 16.5 Å². The van der Waals surface area contributed by atoms with Gasteiger partial charge in [-0.15, -0.1) is 0 Å². The number of halogens is 3. The van der Waals surface area contributed by atoms with Crippen molar-refractivity contribution < 1.29 is 31.1 Å². The number of alkyl halides is 3. The number of nitrogens with zero attached hydrogens (tertiary/aromatic N) is 1. The maximum absolute atomic E-state index is 13.2. The molecule has 1 atom stereocenters. The van der Waals surface area contributed by atoms with Crippen LogP contribution in [0, 0.1) is 0 Å². The van der Waals surface area contributed by atoms with Crippen molar-refractivity contribution in [3.05, 3.63) is 29.8 Å². The van der Waals surface area contributed by atoms with Crippen molar-refractivity contribution >= 4 is 15.8 Å². The van der Waals surface area contributed by atoms with Crippen LogP contribution in [0.25, 0.3) is 0 Å². The van der Waals surface area contributed by atoms with Gasteiger partial charge in [0.25, 0.3) is 0 Å². The Hall–Kier alpha value is -1.45. The van der Waals surface area contributed by atoms with Crippen LogP contribution >= 0.6 is 0 Å². The van der Waals surface area contributed by atoms with Gasteiger partial charge >= 0.3 is 6.18 Å². The van der Waals surface area contributed by atoms with E-state index >= 15 is 0 Å². The third-order valence-corrected chi connectivity index (χ3v) is 5.86. The molecule has 0 radical (unpaired) electrons. The van der Waals surface area contributed by atoms with Crippen molar-refractivity contribution in [1.82, 2.24) is 4.31 Å². The summed E-state index contributed by atoms with van der Waals surface area (Å²) in [7, 11) is -3.15. The highest BCUT2D eigenvalue weighted by Gasteiger charge is 2.42. The highest BCUT2D eigenvalue weighted by atomic mass is 32.2. The number of carbonyl (C=O) groups is 1. The molecule has 2 rings (SSSR count). The van der Waals surface area contributed by atoms with Crippen LogP contribution in [0.2, 0.25) is 0 Å². The average Bonchev–Trinajstić information content (AvgIpc) is 2.54. The normalized spacial score (nSPS) is 20.1. The number of ketones is 1. The summed E-state index contributed by atoms with van der Waals surface area (Å²) in [6.07, 6.45) is -3.40. The summed E-state index contributed by atoms with van der Waals surface area (Å²) in [5, 5.41) is 0. The molecule has 1 aromatic rings. The molecule has 0 N–H and O–H groups in total. The lowest BCUT2D eigenvalue weighted by molar-refractivity contribution is -0.139. The number of Topliss-reactive ketones (excluding diaryl/α,β-unsaturated/α-hetero) is 1. The molecule has 1 fully saturated rings. The van der Waals surface area contributed by atoms with Crippen LogP contribution in [0.5, 0.6) is 0 Å². The molecule has 5 nitrogen and oxygen atoms in total. The smallest absolute Gasteiger partial charge is 0.377 e. The van der Waals surface area contributed by atoms with Crippen LogP contribution in [0.3, 0.4) is 0 Å². The van der Waals surface area contributed by atoms with E-state index in [1.807, 2.05) is 0 Å². The largest absolute Gasteiger partial charge is 0.417 e. The lowest BCUT2D eigenvalue weighted by Crippen LogP contribution is -2.49. The molecule has 1 aliphatic heterocycles. The quantitative estimate of drug-likeness (QED) is 0.804. The van der Waals surface area contributed by atoms with Crippen molar-refractivity contribution in [2.24, 2.45) is 0 Å². The molecule has 1 aliphatic rings. The Balaban J connectivity index is 2.47. The molecule has 0 saturated carbocycles. The predicted molar refractivity (Wildman–Crippen MR) is 79.9 cm³/mol. The van der Waals surface area contributed by atoms with E-state index in [0.29, 0.717) is 12.8 Å². The number of hydrogen-bond acceptors (Lipinski definition) is 4. The second-order valence-corrected chi connectivity index (χ2v) is 7.38. The molecule has 1 saturated heterocycles. The Kier molecular flexibility index (Phi) is 5.67. The van der Waals surface area contributed by atoms with E-state index in [9.17, 15) is 26.4 Å². The van der Waals surface area contributed by atoms with Crippen LogP contribution in [0.1, 0.15) is 24.8 Å². The lowest BCUT2D eigenvalue weighted by Gasteiger charge is -2.34. The van der Waals surface area contributed by atoms with Gasteiger partial charge in [0.2, 0.25) is 10.0 Å². The first-order valence-electron chi connectivity index (χ1n) is 7.39. The molecule has 24 heavy (non-hydrogen) atoms. The fraction of sp³-hybridized carbons (Fsp3) is 0.533. The number of benzene rings is 1. The highest BCUT2D eigenvalue weighted by molar-refractivity contribution is 7.89. The summed E-state index contributed by atoms with van der Waals surface area (Å²) >= 11 is 0. The summed E-state index contributed by atoms with van der Waals surface area (Å²) in [4.78, 5) is 11.3. The van der Waals surface area contributed by atoms with E-state index in [1.54, 1.807) is 0 Å². The van der Waals surface area contributed by atoms with Crippen LogP contribution < -0.4 is 0 Å². The first kappa shape index (κ1) is 18.9. The monoisotopic (exact) mass is 365 g/mol. The third kappa shape index (κ3) is 3.79. The lowest BCUT2D eigenvalue weighted by atomic mass is 10.0. The van der Waals surface area contributed by atoms with E-state index in [1.165, 1.54) is 13.2 Å². The molecular weight excluding hydrogens is 347 g/mol. The van der Waals surface area contributed by atoms with E-state index in [0.717, 1.165) is 22.5 Å². The maximum Gasteiger partial charge on any atom is 0.417 e. The molecule has 0 amide bonds. The number of sulfonamides is 1. The number of piperidine rings is 1. The third-order valence-electron chi connectivity index (χ3n) is 3.89. The van der Waals surface area contributed by atoms with Gasteiger partial charge in [-0.1, -0.05) is 18.6 Å². The Bertz CT molecular complexity index is 703. The zero-order valence-electron chi connectivity index (χ0n) is 13.0. The molecule has 0 bridgehead atoms. The zero-order chi connectivity index (χ0) is 18.0. The molecule has 1 heterocycles. The Morgan fingerprint density at radius 2 is 1.96 bits per heavy atom. The Morgan fingerprint density at radius 3 is 2.58 bits per heavy atom. The number of carbonyl (C=O) groups excluding carboxylic acids is 1. The van der Waals surface area contributed by atoms with Gasteiger partial charge in [0.15, 0.2) is 5.78 Å². The molecule has 0 spiro atoms. The molecule has 134 valence electrons. The van der Waals surface area contributed by atoms with Crippen LogP contribution in [0.15, 0.2) is 29.2 Å². The maximum atomic E-state index is 13.2. The molecule has 1 aromatic carbocycles. The zero-order valence-corrected chi connectivity index (χ0v) is 13.9. The number of ether oxygens (including phenoxy) is 1. The number of methoxy groups -OCH3 is 1. The van der Waals surface area contributed by atoms with Crippen molar-refractivity contribution in [2.75, 3.05) is 20.3 Å². The Labute approximate surface area is 138 Å². The Morgan fingerprint density at radius 1 is 1.29 bits per heavy atom. The van der Waals surface area contributed by atoms with Gasteiger partial charge in [-0.05, 0) is 25.0 Å². The predicted octanol–water partition coefficient (Wildman–Crippen LogP) is 2.46. The molecular formula is C15H18F3NO4S. The van der Waals surface area contributed by atoms with Gasteiger partial charge in [0, 0.05) is 13.7 Å². The molecule has 1 unspecified atom stereocenters. The standard InChI is InChI=1S/C15H18F3NO4S/c1-23-10-13(20)12-7-4-5-9-19(12)24(21,22)14-8-3-2-6-11(14)15(16,17)18/h2-3,6,8,12H,4-5,7,9-10H2,1H3. The van der Waals surface area contributed by atoms with E-state index < -0.39 is 38.5 Å². The summed E-state index contributed by atoms with van der Waals surface area (Å²) < 4.78 is 70.7. The van der Waals surface area contributed by atoms with Gasteiger partial charge in [-0.3, -0.25) is 4.79 Å². The number of hydrogen-bond donors (Lipinski definition) is 0. The minimum Gasteiger partial charge on any atom is -0.377 e. The first-order chi connectivity index (χ1) is 11.2. The summed E-state index contributed by atoms with van der Waals surface area (Å²) in [5.74, 6) is -0.453. The van der Waals surface area contributed by atoms with E-state index in [4.69, 9.17) is 4.74 Å². The van der Waals surface area contributed by atoms with E-state index in [-0.39, 0.29) is 19.6 Å². The van der Waals surface area contributed by atoms with Gasteiger partial charge in [-0.25, -0.2) is 8.42 Å². The van der Waals surface area contributed by atoms with Crippen molar-refractivity contribution in [3.63, 3.8) is 0 Å². The van der Waals surface area contributed by atoms with Crippen molar-refractivity contribution in [2.45, 2.75) is 36.4 Å². The summed E-state index contributed by atoms with van der Waals surface area (Å²) in [6, 6.07) is 3.02.